The number of anilines is 1. The summed E-state index contributed by atoms with van der Waals surface area (Å²) < 4.78 is 0. The SMILES string of the molecule is CC(=O)Nc1ccc(C(O)/C(=N/N(C)C)c2nc3ccc(Cl)cc3[nH]c2=O)cc1. The maximum absolute atomic E-state index is 12.7. The van der Waals surface area contributed by atoms with E-state index in [0.717, 1.165) is 0 Å². The molecule has 1 atom stereocenters. The van der Waals surface area contributed by atoms with E-state index in [9.17, 15) is 14.7 Å². The molecule has 0 aliphatic rings. The van der Waals surface area contributed by atoms with Gasteiger partial charge in [-0.05, 0) is 35.9 Å². The lowest BCUT2D eigenvalue weighted by atomic mass is 10.0. The number of aromatic amines is 1. The van der Waals surface area contributed by atoms with E-state index >= 15 is 0 Å². The number of H-pyrrole nitrogens is 1. The van der Waals surface area contributed by atoms with Crippen molar-refractivity contribution in [1.82, 2.24) is 15.0 Å². The number of nitrogens with zero attached hydrogens (tertiary/aromatic N) is 3. The van der Waals surface area contributed by atoms with Gasteiger partial charge in [-0.2, -0.15) is 5.10 Å². The Morgan fingerprint density at radius 1 is 1.24 bits per heavy atom. The minimum absolute atomic E-state index is 0.00644. The molecule has 1 heterocycles. The Hall–Kier alpha value is -3.23. The van der Waals surface area contributed by atoms with Gasteiger partial charge in [-0.3, -0.25) is 9.59 Å². The molecular weight excluding hydrogens is 394 g/mol. The zero-order chi connectivity index (χ0) is 21.1. The van der Waals surface area contributed by atoms with Crippen LogP contribution in [-0.4, -0.2) is 45.8 Å². The highest BCUT2D eigenvalue weighted by molar-refractivity contribution is 6.31. The minimum atomic E-state index is -1.21. The van der Waals surface area contributed by atoms with Crippen LogP contribution in [0.25, 0.3) is 11.0 Å². The summed E-state index contributed by atoms with van der Waals surface area (Å²) in [7, 11) is 3.36. The number of nitrogens with one attached hydrogen (secondary N) is 2. The van der Waals surface area contributed by atoms with Crippen LogP contribution in [0, 0.1) is 0 Å². The van der Waals surface area contributed by atoms with Gasteiger partial charge < -0.3 is 20.4 Å². The van der Waals surface area contributed by atoms with Gasteiger partial charge in [-0.1, -0.05) is 23.7 Å². The molecule has 1 amide bonds. The van der Waals surface area contributed by atoms with E-state index < -0.39 is 11.7 Å². The Morgan fingerprint density at radius 2 is 1.93 bits per heavy atom. The molecule has 1 unspecified atom stereocenters. The number of rotatable bonds is 5. The standard InChI is InChI=1S/C20H20ClN5O3/c1-11(27)22-14-7-4-12(5-8-14)19(28)17(25-26(2)3)18-20(29)24-16-10-13(21)6-9-15(16)23-18/h4-10,19,28H,1-3H3,(H,22,27)(H,24,29)/b25-17+. The van der Waals surface area contributed by atoms with E-state index in [1.165, 1.54) is 11.9 Å². The smallest absolute Gasteiger partial charge is 0.276 e. The third kappa shape index (κ3) is 4.79. The monoisotopic (exact) mass is 413 g/mol. The molecule has 0 aliphatic carbocycles. The number of hydrazone groups is 1. The van der Waals surface area contributed by atoms with Crippen molar-refractivity contribution in [3.05, 3.63) is 69.1 Å². The van der Waals surface area contributed by atoms with Crippen molar-refractivity contribution in [3.8, 4) is 0 Å². The molecule has 0 saturated carbocycles. The van der Waals surface area contributed by atoms with Gasteiger partial charge in [0.15, 0.2) is 5.69 Å². The summed E-state index contributed by atoms with van der Waals surface area (Å²) in [5, 5.41) is 19.9. The van der Waals surface area contributed by atoms with Gasteiger partial charge in [-0.25, -0.2) is 4.98 Å². The number of aromatic nitrogens is 2. The molecule has 29 heavy (non-hydrogen) atoms. The zero-order valence-corrected chi connectivity index (χ0v) is 16.9. The predicted molar refractivity (Wildman–Crippen MR) is 113 cm³/mol. The van der Waals surface area contributed by atoms with Crippen LogP contribution in [0.4, 0.5) is 5.69 Å². The van der Waals surface area contributed by atoms with E-state index in [1.807, 2.05) is 0 Å². The number of carbonyl (C=O) groups excluding carboxylic acids is 1. The first kappa shape index (κ1) is 20.5. The largest absolute Gasteiger partial charge is 0.382 e. The van der Waals surface area contributed by atoms with Gasteiger partial charge in [0.2, 0.25) is 5.91 Å². The molecular formula is C20H20ClN5O3. The molecule has 8 nitrogen and oxygen atoms in total. The van der Waals surface area contributed by atoms with Crippen LogP contribution in [0.1, 0.15) is 24.3 Å². The normalized spacial score (nSPS) is 12.7. The van der Waals surface area contributed by atoms with Crippen molar-refractivity contribution in [2.75, 3.05) is 19.4 Å². The lowest BCUT2D eigenvalue weighted by molar-refractivity contribution is -0.114. The van der Waals surface area contributed by atoms with Crippen molar-refractivity contribution < 1.29 is 9.90 Å². The summed E-state index contributed by atoms with van der Waals surface area (Å²) in [6.07, 6.45) is -1.21. The molecule has 0 spiro atoms. The molecule has 0 bridgehead atoms. The molecule has 150 valence electrons. The lowest BCUT2D eigenvalue weighted by Crippen LogP contribution is -2.27. The second kappa shape index (κ2) is 8.42. The summed E-state index contributed by atoms with van der Waals surface area (Å²) in [6, 6.07) is 11.6. The van der Waals surface area contributed by atoms with Gasteiger partial charge in [0.05, 0.1) is 11.0 Å². The Labute approximate surface area is 171 Å². The number of carbonyl (C=O) groups is 1. The van der Waals surface area contributed by atoms with Crippen LogP contribution in [0.2, 0.25) is 5.02 Å². The number of halogens is 1. The van der Waals surface area contributed by atoms with Gasteiger partial charge in [0, 0.05) is 31.7 Å². The molecule has 0 radical (unpaired) electrons. The second-order valence-corrected chi connectivity index (χ2v) is 7.05. The highest BCUT2D eigenvalue weighted by Gasteiger charge is 2.23. The summed E-state index contributed by atoms with van der Waals surface area (Å²) in [5.74, 6) is -0.194. The van der Waals surface area contributed by atoms with Crippen molar-refractivity contribution >= 4 is 39.9 Å². The molecule has 0 fully saturated rings. The molecule has 1 aromatic heterocycles. The summed E-state index contributed by atoms with van der Waals surface area (Å²) >= 11 is 5.97. The first-order valence-electron chi connectivity index (χ1n) is 8.76. The fourth-order valence-electron chi connectivity index (χ4n) is 2.79. The number of aliphatic hydroxyl groups excluding tert-OH is 1. The van der Waals surface area contributed by atoms with Crippen LogP contribution in [0.15, 0.2) is 52.4 Å². The van der Waals surface area contributed by atoms with Crippen molar-refractivity contribution in [1.29, 1.82) is 0 Å². The maximum atomic E-state index is 12.7. The van der Waals surface area contributed by atoms with Crippen molar-refractivity contribution in [2.45, 2.75) is 13.0 Å². The Morgan fingerprint density at radius 3 is 2.55 bits per heavy atom. The number of hydrogen-bond donors (Lipinski definition) is 3. The Kier molecular flexibility index (Phi) is 5.95. The highest BCUT2D eigenvalue weighted by Crippen LogP contribution is 2.21. The van der Waals surface area contributed by atoms with Crippen molar-refractivity contribution in [3.63, 3.8) is 0 Å². The molecule has 3 N–H and O–H groups in total. The van der Waals surface area contributed by atoms with E-state index in [1.54, 1.807) is 56.6 Å². The van der Waals surface area contributed by atoms with Crippen LogP contribution < -0.4 is 10.9 Å². The number of aliphatic hydroxyl groups is 1. The van der Waals surface area contributed by atoms with E-state index in [4.69, 9.17) is 11.6 Å². The van der Waals surface area contributed by atoms with Gasteiger partial charge in [0.1, 0.15) is 11.8 Å². The summed E-state index contributed by atoms with van der Waals surface area (Å²) in [5.41, 5.74) is 1.71. The highest BCUT2D eigenvalue weighted by atomic mass is 35.5. The fraction of sp³-hybridized carbons (Fsp3) is 0.200. The van der Waals surface area contributed by atoms with Crippen molar-refractivity contribution in [2.24, 2.45) is 5.10 Å². The third-order valence-electron chi connectivity index (χ3n) is 4.01. The molecule has 3 rings (SSSR count). The average Bonchev–Trinajstić information content (AvgIpc) is 2.65. The predicted octanol–water partition coefficient (Wildman–Crippen LogP) is 2.53. The van der Waals surface area contributed by atoms with Gasteiger partial charge in [0.25, 0.3) is 5.56 Å². The topological polar surface area (TPSA) is 111 Å². The van der Waals surface area contributed by atoms with Gasteiger partial charge >= 0.3 is 0 Å². The molecule has 0 saturated heterocycles. The fourth-order valence-corrected chi connectivity index (χ4v) is 2.96. The molecule has 2 aromatic carbocycles. The van der Waals surface area contributed by atoms with Crippen LogP contribution >= 0.6 is 11.6 Å². The Balaban J connectivity index is 2.06. The summed E-state index contributed by atoms with van der Waals surface area (Å²) in [4.78, 5) is 31.0. The van der Waals surface area contributed by atoms with E-state index in [0.29, 0.717) is 27.3 Å². The number of benzene rings is 2. The number of hydrogen-bond acceptors (Lipinski definition) is 6. The third-order valence-corrected chi connectivity index (χ3v) is 4.25. The maximum Gasteiger partial charge on any atom is 0.276 e. The number of fused-ring (bicyclic) bond motifs is 1. The molecule has 9 heteroatoms. The first-order valence-corrected chi connectivity index (χ1v) is 9.14. The zero-order valence-electron chi connectivity index (χ0n) is 16.1. The van der Waals surface area contributed by atoms with Crippen LogP contribution in [0.3, 0.4) is 0 Å². The first-order chi connectivity index (χ1) is 13.7. The lowest BCUT2D eigenvalue weighted by Gasteiger charge is -2.17. The minimum Gasteiger partial charge on any atom is -0.382 e. The van der Waals surface area contributed by atoms with Crippen LogP contribution in [0.5, 0.6) is 0 Å². The second-order valence-electron chi connectivity index (χ2n) is 6.61. The van der Waals surface area contributed by atoms with Gasteiger partial charge in [-0.15, -0.1) is 0 Å². The average molecular weight is 414 g/mol. The van der Waals surface area contributed by atoms with Crippen LogP contribution in [-0.2, 0) is 4.79 Å². The van der Waals surface area contributed by atoms with E-state index in [2.05, 4.69) is 20.4 Å². The quantitative estimate of drug-likeness (QED) is 0.439. The molecule has 3 aromatic rings. The number of amides is 1. The van der Waals surface area contributed by atoms with E-state index in [-0.39, 0.29) is 17.3 Å². The summed E-state index contributed by atoms with van der Waals surface area (Å²) in [6.45, 7) is 1.41. The molecule has 0 aliphatic heterocycles. The Bertz CT molecular complexity index is 1140.